The van der Waals surface area contributed by atoms with Gasteiger partial charge in [0.2, 0.25) is 0 Å². The summed E-state index contributed by atoms with van der Waals surface area (Å²) in [7, 11) is 2.10. The first-order valence-electron chi connectivity index (χ1n) is 8.07. The number of benzene rings is 2. The summed E-state index contributed by atoms with van der Waals surface area (Å²) in [4.78, 5) is 2.26. The number of likely N-dealkylation sites (tertiary alicyclic amines) is 1. The molecule has 0 saturated carbocycles. The Balaban J connectivity index is 2.24. The first-order valence-corrected chi connectivity index (χ1v) is 8.07. The number of hydrogen-bond acceptors (Lipinski definition) is 2. The van der Waals surface area contributed by atoms with Crippen LogP contribution >= 0.6 is 0 Å². The lowest BCUT2D eigenvalue weighted by Crippen LogP contribution is -2.62. The van der Waals surface area contributed by atoms with Crippen molar-refractivity contribution in [3.8, 4) is 0 Å². The van der Waals surface area contributed by atoms with E-state index >= 15 is 0 Å². The summed E-state index contributed by atoms with van der Waals surface area (Å²) in [6, 6.07) is 21.1. The van der Waals surface area contributed by atoms with Gasteiger partial charge in [0.1, 0.15) is 0 Å². The maximum atomic E-state index is 11.3. The highest BCUT2D eigenvalue weighted by Gasteiger charge is 2.51. The van der Waals surface area contributed by atoms with Gasteiger partial charge in [-0.1, -0.05) is 67.6 Å². The molecule has 2 aromatic rings. The summed E-state index contributed by atoms with van der Waals surface area (Å²) in [6.45, 7) is 5.35. The molecule has 1 N–H and O–H groups in total. The van der Waals surface area contributed by atoms with Crippen molar-refractivity contribution in [2.45, 2.75) is 31.4 Å². The quantitative estimate of drug-likeness (QED) is 0.919. The second-order valence-corrected chi connectivity index (χ2v) is 6.63. The van der Waals surface area contributed by atoms with Crippen LogP contribution in [0.1, 0.15) is 25.0 Å². The molecule has 116 valence electrons. The average molecular weight is 295 g/mol. The minimum absolute atomic E-state index is 0.122. The Kier molecular flexibility index (Phi) is 4.07. The van der Waals surface area contributed by atoms with Crippen molar-refractivity contribution in [3.05, 3.63) is 71.8 Å². The number of rotatable bonds is 2. The van der Waals surface area contributed by atoms with Gasteiger partial charge >= 0.3 is 0 Å². The van der Waals surface area contributed by atoms with Crippen LogP contribution in [0.5, 0.6) is 0 Å². The van der Waals surface area contributed by atoms with E-state index in [4.69, 9.17) is 0 Å². The highest BCUT2D eigenvalue weighted by molar-refractivity contribution is 5.43. The molecule has 1 aliphatic heterocycles. The minimum atomic E-state index is -0.439. The SMILES string of the molecule is CC1C(O)C(c2ccccc2)(c2ccccc2)C(C)CN1C. The molecule has 1 saturated heterocycles. The number of aliphatic hydroxyl groups is 1. The van der Waals surface area contributed by atoms with Crippen LogP contribution in [0.2, 0.25) is 0 Å². The number of likely N-dealkylation sites (N-methyl/N-ethyl adjacent to an activating group) is 1. The molecule has 0 aliphatic carbocycles. The van der Waals surface area contributed by atoms with Gasteiger partial charge in [-0.05, 0) is 31.0 Å². The third-order valence-electron chi connectivity index (χ3n) is 5.46. The van der Waals surface area contributed by atoms with Crippen LogP contribution in [0.3, 0.4) is 0 Å². The van der Waals surface area contributed by atoms with Gasteiger partial charge in [0, 0.05) is 12.6 Å². The van der Waals surface area contributed by atoms with Crippen molar-refractivity contribution in [1.82, 2.24) is 4.90 Å². The summed E-state index contributed by atoms with van der Waals surface area (Å²) in [5.74, 6) is 0.327. The fraction of sp³-hybridized carbons (Fsp3) is 0.400. The van der Waals surface area contributed by atoms with Crippen molar-refractivity contribution in [2.75, 3.05) is 13.6 Å². The molecule has 2 heteroatoms. The molecule has 3 rings (SSSR count). The Labute approximate surface area is 133 Å². The fourth-order valence-corrected chi connectivity index (χ4v) is 4.16. The first kappa shape index (κ1) is 15.3. The summed E-state index contributed by atoms with van der Waals surface area (Å²) < 4.78 is 0. The second kappa shape index (κ2) is 5.86. The van der Waals surface area contributed by atoms with Gasteiger partial charge in [-0.15, -0.1) is 0 Å². The van der Waals surface area contributed by atoms with Crippen molar-refractivity contribution in [2.24, 2.45) is 5.92 Å². The molecule has 1 aliphatic rings. The summed E-state index contributed by atoms with van der Waals surface area (Å²) in [5, 5.41) is 11.3. The van der Waals surface area contributed by atoms with Crippen molar-refractivity contribution in [1.29, 1.82) is 0 Å². The summed E-state index contributed by atoms with van der Waals surface area (Å²) in [6.07, 6.45) is -0.439. The monoisotopic (exact) mass is 295 g/mol. The Bertz CT molecular complexity index is 571. The van der Waals surface area contributed by atoms with E-state index in [0.29, 0.717) is 5.92 Å². The number of hydrogen-bond donors (Lipinski definition) is 1. The van der Waals surface area contributed by atoms with Crippen molar-refractivity contribution >= 4 is 0 Å². The number of piperidine rings is 1. The zero-order chi connectivity index (χ0) is 15.7. The van der Waals surface area contributed by atoms with Crippen LogP contribution in [0, 0.1) is 5.92 Å². The Hall–Kier alpha value is -1.64. The lowest BCUT2D eigenvalue weighted by molar-refractivity contribution is -0.0446. The van der Waals surface area contributed by atoms with E-state index in [2.05, 4.69) is 74.3 Å². The summed E-state index contributed by atoms with van der Waals surface area (Å²) >= 11 is 0. The van der Waals surface area contributed by atoms with Gasteiger partial charge in [0.05, 0.1) is 11.5 Å². The molecule has 3 unspecified atom stereocenters. The maximum absolute atomic E-state index is 11.3. The molecule has 1 fully saturated rings. The van der Waals surface area contributed by atoms with Gasteiger partial charge < -0.3 is 10.0 Å². The van der Waals surface area contributed by atoms with E-state index in [9.17, 15) is 5.11 Å². The van der Waals surface area contributed by atoms with Crippen molar-refractivity contribution in [3.63, 3.8) is 0 Å². The van der Waals surface area contributed by atoms with E-state index in [1.165, 1.54) is 11.1 Å². The highest BCUT2D eigenvalue weighted by atomic mass is 16.3. The molecule has 0 radical (unpaired) electrons. The fourth-order valence-electron chi connectivity index (χ4n) is 4.16. The molecule has 1 heterocycles. The highest BCUT2D eigenvalue weighted by Crippen LogP contribution is 2.46. The molecule has 22 heavy (non-hydrogen) atoms. The molecule has 0 aromatic heterocycles. The van der Waals surface area contributed by atoms with Crippen molar-refractivity contribution < 1.29 is 5.11 Å². The van der Waals surface area contributed by atoms with E-state index in [0.717, 1.165) is 6.54 Å². The molecule has 0 spiro atoms. The average Bonchev–Trinajstić information content (AvgIpc) is 2.55. The van der Waals surface area contributed by atoms with E-state index in [1.54, 1.807) is 0 Å². The number of nitrogens with zero attached hydrogens (tertiary/aromatic N) is 1. The van der Waals surface area contributed by atoms with Gasteiger partial charge in [0.15, 0.2) is 0 Å². The zero-order valence-electron chi connectivity index (χ0n) is 13.6. The Morgan fingerprint density at radius 2 is 1.36 bits per heavy atom. The van der Waals surface area contributed by atoms with Crippen LogP contribution in [-0.2, 0) is 5.41 Å². The molecular formula is C20H25NO. The predicted molar refractivity (Wildman–Crippen MR) is 90.9 cm³/mol. The number of aliphatic hydroxyl groups excluding tert-OH is 1. The molecule has 2 aromatic carbocycles. The Morgan fingerprint density at radius 1 is 0.909 bits per heavy atom. The van der Waals surface area contributed by atoms with E-state index in [1.807, 2.05) is 12.1 Å². The Morgan fingerprint density at radius 3 is 1.82 bits per heavy atom. The maximum Gasteiger partial charge on any atom is 0.0832 e. The molecule has 0 bridgehead atoms. The van der Waals surface area contributed by atoms with Gasteiger partial charge in [-0.25, -0.2) is 0 Å². The third-order valence-corrected chi connectivity index (χ3v) is 5.46. The lowest BCUT2D eigenvalue weighted by Gasteiger charge is -2.53. The van der Waals surface area contributed by atoms with Crippen LogP contribution in [0.15, 0.2) is 60.7 Å². The molecule has 2 nitrogen and oxygen atoms in total. The largest absolute Gasteiger partial charge is 0.390 e. The smallest absolute Gasteiger partial charge is 0.0832 e. The minimum Gasteiger partial charge on any atom is -0.390 e. The lowest BCUT2D eigenvalue weighted by atomic mass is 9.59. The van der Waals surface area contributed by atoms with Gasteiger partial charge in [0.25, 0.3) is 0 Å². The molecule has 3 atom stereocenters. The van der Waals surface area contributed by atoms with Gasteiger partial charge in [-0.3, -0.25) is 0 Å². The van der Waals surface area contributed by atoms with Crippen LogP contribution < -0.4 is 0 Å². The molecular weight excluding hydrogens is 270 g/mol. The summed E-state index contributed by atoms with van der Waals surface area (Å²) in [5.41, 5.74) is 2.07. The van der Waals surface area contributed by atoms with Crippen LogP contribution in [0.25, 0.3) is 0 Å². The normalized spacial score (nSPS) is 28.5. The van der Waals surface area contributed by atoms with Crippen LogP contribution in [0.4, 0.5) is 0 Å². The third kappa shape index (κ3) is 2.18. The molecule has 0 amide bonds. The van der Waals surface area contributed by atoms with Gasteiger partial charge in [-0.2, -0.15) is 0 Å². The van der Waals surface area contributed by atoms with Crippen LogP contribution in [-0.4, -0.2) is 35.7 Å². The van der Waals surface area contributed by atoms with E-state index < -0.39 is 6.10 Å². The predicted octanol–water partition coefficient (Wildman–Crippen LogP) is 3.30. The standard InChI is InChI=1S/C20H25NO/c1-15-14-21(3)16(2)19(22)20(15,17-10-6-4-7-11-17)18-12-8-5-9-13-18/h4-13,15-16,19,22H,14H2,1-3H3. The second-order valence-electron chi connectivity index (χ2n) is 6.63. The first-order chi connectivity index (χ1) is 10.6. The topological polar surface area (TPSA) is 23.5 Å². The van der Waals surface area contributed by atoms with E-state index in [-0.39, 0.29) is 11.5 Å². The zero-order valence-corrected chi connectivity index (χ0v) is 13.6.